The third-order valence-corrected chi connectivity index (χ3v) is 10.7. The minimum Gasteiger partial charge on any atom is -0.346 e. The average Bonchev–Trinajstić information content (AvgIpc) is 3.43. The van der Waals surface area contributed by atoms with Gasteiger partial charge in [0.05, 0.1) is 11.6 Å². The van der Waals surface area contributed by atoms with Crippen LogP contribution < -0.4 is 5.32 Å². The van der Waals surface area contributed by atoms with Crippen LogP contribution in [0, 0.1) is 41.4 Å². The fourth-order valence-corrected chi connectivity index (χ4v) is 8.87. The summed E-state index contributed by atoms with van der Waals surface area (Å²) in [6, 6.07) is 1.83. The van der Waals surface area contributed by atoms with Crippen LogP contribution in [0.1, 0.15) is 76.7 Å². The normalized spacial score (nSPS) is 38.0. The minimum absolute atomic E-state index is 0.0425. The lowest BCUT2D eigenvalue weighted by Gasteiger charge is -2.60. The lowest BCUT2D eigenvalue weighted by Crippen LogP contribution is -2.60. The molecule has 0 saturated heterocycles. The molecule has 7 nitrogen and oxygen atoms in total. The number of aromatic amines is 1. The van der Waals surface area contributed by atoms with Crippen molar-refractivity contribution in [1.29, 1.82) is 0 Å². The number of H-pyrrole nitrogens is 1. The number of carbonyl (C=O) groups is 2. The first kappa shape index (κ1) is 24.6. The molecule has 2 N–H and O–H groups in total. The summed E-state index contributed by atoms with van der Waals surface area (Å²) in [5.41, 5.74) is 2.19. The van der Waals surface area contributed by atoms with Crippen molar-refractivity contribution in [2.45, 2.75) is 78.3 Å². The van der Waals surface area contributed by atoms with Gasteiger partial charge in [0.2, 0.25) is 5.91 Å². The summed E-state index contributed by atoms with van der Waals surface area (Å²) in [5, 5.41) is 3.25. The molecule has 1 aliphatic heterocycles. The number of fused-ring (bicyclic) bond motifs is 6. The highest BCUT2D eigenvalue weighted by atomic mass is 19.1. The van der Waals surface area contributed by atoms with Crippen LogP contribution in [0.2, 0.25) is 0 Å². The lowest BCUT2D eigenvalue weighted by molar-refractivity contribution is -0.145. The van der Waals surface area contributed by atoms with Crippen LogP contribution in [-0.4, -0.2) is 44.8 Å². The molecule has 2 amide bonds. The number of nitrogens with one attached hydrogen (secondary N) is 2. The van der Waals surface area contributed by atoms with E-state index in [2.05, 4.69) is 34.1 Å². The molecule has 3 saturated carbocycles. The van der Waals surface area contributed by atoms with Crippen molar-refractivity contribution in [3.63, 3.8) is 0 Å². The monoisotopic (exact) mass is 507 g/mol. The molecule has 0 aromatic carbocycles. The van der Waals surface area contributed by atoms with Gasteiger partial charge in [0.1, 0.15) is 5.82 Å². The van der Waals surface area contributed by atoms with Gasteiger partial charge in [0, 0.05) is 30.6 Å². The number of pyridine rings is 1. The molecule has 8 atom stereocenters. The zero-order valence-electron chi connectivity index (χ0n) is 22.5. The molecule has 3 heterocycles. The van der Waals surface area contributed by atoms with E-state index >= 15 is 0 Å². The van der Waals surface area contributed by atoms with E-state index in [1.807, 2.05) is 19.9 Å². The number of halogens is 1. The summed E-state index contributed by atoms with van der Waals surface area (Å²) in [6.45, 7) is 8.43. The van der Waals surface area contributed by atoms with Crippen LogP contribution in [0.25, 0.3) is 11.2 Å². The molecule has 3 fully saturated rings. The topological polar surface area (TPSA) is 91.0 Å². The number of rotatable bonds is 3. The van der Waals surface area contributed by atoms with Gasteiger partial charge in [-0.1, -0.05) is 13.8 Å². The third kappa shape index (κ3) is 3.57. The maximum absolute atomic E-state index is 14.7. The predicted octanol–water partition coefficient (Wildman–Crippen LogP) is 5.00. The van der Waals surface area contributed by atoms with Crippen LogP contribution in [0.4, 0.5) is 4.39 Å². The third-order valence-electron chi connectivity index (χ3n) is 10.7. The van der Waals surface area contributed by atoms with Gasteiger partial charge in [0.15, 0.2) is 11.5 Å². The van der Waals surface area contributed by atoms with Gasteiger partial charge in [-0.3, -0.25) is 9.59 Å². The fraction of sp³-hybridized carbons (Fsp3) is 0.655. The van der Waals surface area contributed by atoms with E-state index in [9.17, 15) is 14.0 Å². The van der Waals surface area contributed by atoms with Gasteiger partial charge < -0.3 is 15.2 Å². The molecule has 37 heavy (non-hydrogen) atoms. The Hall–Kier alpha value is -2.77. The Kier molecular flexibility index (Phi) is 5.55. The van der Waals surface area contributed by atoms with E-state index in [0.717, 1.165) is 55.4 Å². The number of nitrogens with zero attached hydrogens (tertiary/aromatic N) is 3. The first-order chi connectivity index (χ1) is 17.5. The van der Waals surface area contributed by atoms with Gasteiger partial charge in [-0.15, -0.1) is 0 Å². The highest BCUT2D eigenvalue weighted by Gasteiger charge is 2.62. The maximum Gasteiger partial charge on any atom is 0.282 e. The summed E-state index contributed by atoms with van der Waals surface area (Å²) < 4.78 is 14.7. The fourth-order valence-electron chi connectivity index (χ4n) is 8.87. The van der Waals surface area contributed by atoms with Crippen LogP contribution in [-0.2, 0) is 9.59 Å². The van der Waals surface area contributed by atoms with E-state index in [1.165, 1.54) is 0 Å². The van der Waals surface area contributed by atoms with Crippen molar-refractivity contribution < 1.29 is 14.0 Å². The van der Waals surface area contributed by atoms with Crippen molar-refractivity contribution in [3.05, 3.63) is 35.6 Å². The Bertz CT molecular complexity index is 1300. The molecule has 0 bridgehead atoms. The second-order valence-corrected chi connectivity index (χ2v) is 12.7. The van der Waals surface area contributed by atoms with Crippen molar-refractivity contribution in [2.24, 2.45) is 34.5 Å². The van der Waals surface area contributed by atoms with Crippen molar-refractivity contribution in [3.8, 4) is 0 Å². The molecule has 3 aliphatic carbocycles. The first-order valence-electron chi connectivity index (χ1n) is 13.8. The van der Waals surface area contributed by atoms with Crippen molar-refractivity contribution in [1.82, 2.24) is 25.2 Å². The Balaban J connectivity index is 1.20. The quantitative estimate of drug-likeness (QED) is 0.612. The molecule has 6 rings (SSSR count). The largest absolute Gasteiger partial charge is 0.346 e. The highest BCUT2D eigenvalue weighted by Crippen LogP contribution is 2.65. The summed E-state index contributed by atoms with van der Waals surface area (Å²) in [6.07, 6.45) is 9.20. The average molecular weight is 508 g/mol. The maximum atomic E-state index is 14.7. The van der Waals surface area contributed by atoms with Crippen molar-refractivity contribution in [2.75, 3.05) is 7.05 Å². The zero-order valence-corrected chi connectivity index (χ0v) is 22.5. The van der Waals surface area contributed by atoms with Crippen molar-refractivity contribution >= 4 is 23.0 Å². The second-order valence-electron chi connectivity index (χ2n) is 12.7. The minimum atomic E-state index is -0.608. The van der Waals surface area contributed by atoms with E-state index in [4.69, 9.17) is 0 Å². The number of carbonyl (C=O) groups excluding carboxylic acids is 2. The number of likely N-dealkylation sites (N-methyl/N-ethyl adjacent to an activating group) is 1. The molecular weight excluding hydrogens is 469 g/mol. The molecule has 198 valence electrons. The van der Waals surface area contributed by atoms with Crippen LogP contribution in [0.5, 0.6) is 0 Å². The Morgan fingerprint density at radius 3 is 2.78 bits per heavy atom. The van der Waals surface area contributed by atoms with E-state index < -0.39 is 11.7 Å². The van der Waals surface area contributed by atoms with Gasteiger partial charge in [-0.25, -0.2) is 14.4 Å². The van der Waals surface area contributed by atoms with Crippen LogP contribution in [0.15, 0.2) is 24.2 Å². The van der Waals surface area contributed by atoms with Gasteiger partial charge in [-0.2, -0.15) is 0 Å². The molecule has 2 aromatic rings. The number of aromatic nitrogens is 3. The second kappa shape index (κ2) is 8.37. The van der Waals surface area contributed by atoms with E-state index in [-0.39, 0.29) is 34.7 Å². The van der Waals surface area contributed by atoms with E-state index in [0.29, 0.717) is 23.4 Å². The highest BCUT2D eigenvalue weighted by molar-refractivity contribution is 5.92. The summed E-state index contributed by atoms with van der Waals surface area (Å²) >= 11 is 0. The van der Waals surface area contributed by atoms with Gasteiger partial charge in [0.25, 0.3) is 5.91 Å². The van der Waals surface area contributed by atoms with Gasteiger partial charge in [-0.05, 0) is 93.2 Å². The number of amides is 2. The number of imidazole rings is 1. The standard InChI is InChI=1S/C29H38FN5O2/c1-15-12-22-25(31-14-15)34-24(33-22)16(2)32-26(36)20-8-7-18-17-6-9-23-29(4,13-21(30)27(37)35(23)5)19(17)10-11-28(18,20)3/h12-14,16-20,23H,6-11H2,1-5H3,(H,32,36)(H,31,33,34)/t16?,17?,18-,19?,20+,23+,28-,29+/m0/s1. The van der Waals surface area contributed by atoms with E-state index in [1.54, 1.807) is 24.2 Å². The molecular formula is C29H38FN5O2. The lowest BCUT2D eigenvalue weighted by atomic mass is 9.47. The molecule has 2 aromatic heterocycles. The number of aryl methyl sites for hydroxylation is 1. The Morgan fingerprint density at radius 1 is 1.22 bits per heavy atom. The summed E-state index contributed by atoms with van der Waals surface area (Å²) in [4.78, 5) is 39.9. The van der Waals surface area contributed by atoms with Crippen LogP contribution >= 0.6 is 0 Å². The SMILES string of the molecule is Cc1cnc2nc(C(C)NC(=O)[C@H]3CC[C@H]4C5CC[C@H]6N(C)C(=O)C(F)=C[C@]6(C)C5CC[C@]34C)[nH]c2c1. The Morgan fingerprint density at radius 2 is 2.00 bits per heavy atom. The molecule has 0 spiro atoms. The predicted molar refractivity (Wildman–Crippen MR) is 139 cm³/mol. The molecule has 3 unspecified atom stereocenters. The number of hydrogen-bond donors (Lipinski definition) is 2. The Labute approximate surface area is 217 Å². The zero-order chi connectivity index (χ0) is 26.3. The smallest absolute Gasteiger partial charge is 0.282 e. The molecule has 0 radical (unpaired) electrons. The number of hydrogen-bond acceptors (Lipinski definition) is 4. The summed E-state index contributed by atoms with van der Waals surface area (Å²) in [7, 11) is 1.75. The van der Waals surface area contributed by atoms with Gasteiger partial charge >= 0.3 is 0 Å². The van der Waals surface area contributed by atoms with Crippen LogP contribution in [0.3, 0.4) is 0 Å². The molecule has 4 aliphatic rings. The summed E-state index contributed by atoms with van der Waals surface area (Å²) in [5.74, 6) is 0.915. The molecule has 8 heteroatoms. The first-order valence-corrected chi connectivity index (χ1v) is 13.8.